The van der Waals surface area contributed by atoms with Gasteiger partial charge in [-0.25, -0.2) is 0 Å². The molecule has 5 atom stereocenters. The van der Waals surface area contributed by atoms with E-state index in [1.54, 1.807) is 0 Å². The molecule has 0 unspecified atom stereocenters. The molecular formula is C16H22O10. The Morgan fingerprint density at radius 3 is 1.65 bits per heavy atom. The maximum atomic E-state index is 11.5. The van der Waals surface area contributed by atoms with E-state index in [1.807, 2.05) is 0 Å². The lowest BCUT2D eigenvalue weighted by Crippen LogP contribution is -2.61. The van der Waals surface area contributed by atoms with Crippen LogP contribution in [0.5, 0.6) is 0 Å². The molecule has 0 spiro atoms. The molecule has 0 aliphatic carbocycles. The van der Waals surface area contributed by atoms with E-state index in [0.29, 0.717) is 0 Å². The molecule has 1 aliphatic heterocycles. The average molecular weight is 374 g/mol. The molecule has 10 heteroatoms. The van der Waals surface area contributed by atoms with Crippen LogP contribution in [0.25, 0.3) is 0 Å². The van der Waals surface area contributed by atoms with Gasteiger partial charge in [-0.05, 0) is 6.08 Å². The van der Waals surface area contributed by atoms with E-state index in [9.17, 15) is 19.2 Å². The van der Waals surface area contributed by atoms with Crippen molar-refractivity contribution < 1.29 is 47.6 Å². The zero-order valence-electron chi connectivity index (χ0n) is 15.1. The summed E-state index contributed by atoms with van der Waals surface area (Å²) < 4.78 is 31.0. The van der Waals surface area contributed by atoms with E-state index < -0.39 is 54.6 Å². The highest BCUT2D eigenvalue weighted by Crippen LogP contribution is 2.30. The molecule has 0 amide bonds. The van der Waals surface area contributed by atoms with Crippen LogP contribution in [0, 0.1) is 0 Å². The largest absolute Gasteiger partial charge is 0.505 e. The fourth-order valence-corrected chi connectivity index (χ4v) is 2.37. The second-order valence-corrected chi connectivity index (χ2v) is 5.36. The Bertz CT molecular complexity index is 569. The van der Waals surface area contributed by atoms with Crippen molar-refractivity contribution in [3.63, 3.8) is 0 Å². The van der Waals surface area contributed by atoms with Crippen LogP contribution < -0.4 is 0 Å². The molecule has 0 aromatic heterocycles. The molecule has 0 aromatic rings. The molecule has 0 radical (unpaired) electrons. The number of rotatable bonds is 6. The van der Waals surface area contributed by atoms with Crippen molar-refractivity contribution in [3.8, 4) is 0 Å². The molecule has 1 heterocycles. The normalized spacial score (nSPS) is 28.1. The Labute approximate surface area is 150 Å². The van der Waals surface area contributed by atoms with Crippen molar-refractivity contribution in [2.24, 2.45) is 0 Å². The van der Waals surface area contributed by atoms with Crippen LogP contribution in [0.15, 0.2) is 12.3 Å². The minimum atomic E-state index is -1.39. The van der Waals surface area contributed by atoms with Crippen LogP contribution in [0.1, 0.15) is 27.7 Å². The number of carbonyl (C=O) groups excluding carboxylic acids is 4. The molecule has 1 aliphatic rings. The van der Waals surface area contributed by atoms with Crippen molar-refractivity contribution in [1.29, 1.82) is 0 Å². The highest BCUT2D eigenvalue weighted by molar-refractivity contribution is 5.69. The van der Waals surface area contributed by atoms with Crippen LogP contribution in [0.2, 0.25) is 0 Å². The molecule has 146 valence electrons. The van der Waals surface area contributed by atoms with E-state index in [0.717, 1.165) is 27.7 Å². The quantitative estimate of drug-likeness (QED) is 0.362. The molecule has 0 bridgehead atoms. The van der Waals surface area contributed by atoms with Gasteiger partial charge >= 0.3 is 23.9 Å². The first-order valence-corrected chi connectivity index (χ1v) is 7.69. The molecule has 1 fully saturated rings. The summed E-state index contributed by atoms with van der Waals surface area (Å²) in [6.45, 7) is 4.54. The topological polar surface area (TPSA) is 124 Å². The third-order valence-corrected chi connectivity index (χ3v) is 3.12. The van der Waals surface area contributed by atoms with Gasteiger partial charge in [0.25, 0.3) is 0 Å². The van der Waals surface area contributed by atoms with Crippen LogP contribution >= 0.6 is 0 Å². The lowest BCUT2D eigenvalue weighted by molar-refractivity contribution is -0.288. The van der Waals surface area contributed by atoms with Crippen molar-refractivity contribution in [2.45, 2.75) is 58.4 Å². The first kappa shape index (κ1) is 21.4. The Morgan fingerprint density at radius 2 is 1.19 bits per heavy atom. The van der Waals surface area contributed by atoms with Crippen LogP contribution in [-0.4, -0.2) is 61.7 Å². The number of methoxy groups -OCH3 is 1. The second-order valence-electron chi connectivity index (χ2n) is 5.36. The lowest BCUT2D eigenvalue weighted by Gasteiger charge is -2.42. The summed E-state index contributed by atoms with van der Waals surface area (Å²) >= 11 is 0. The predicted octanol–water partition coefficient (Wildman–Crippen LogP) is 0.230. The van der Waals surface area contributed by atoms with Gasteiger partial charge in [0.1, 0.15) is 6.10 Å². The van der Waals surface area contributed by atoms with Gasteiger partial charge in [0.05, 0.1) is 13.4 Å². The van der Waals surface area contributed by atoms with Crippen molar-refractivity contribution >= 4 is 23.9 Å². The van der Waals surface area contributed by atoms with E-state index >= 15 is 0 Å². The van der Waals surface area contributed by atoms with Crippen molar-refractivity contribution in [1.82, 2.24) is 0 Å². The summed E-state index contributed by atoms with van der Waals surface area (Å²) in [5, 5.41) is 0. The third kappa shape index (κ3) is 6.36. The summed E-state index contributed by atoms with van der Waals surface area (Å²) in [5.41, 5.74) is 0. The Morgan fingerprint density at radius 1 is 0.731 bits per heavy atom. The molecule has 0 N–H and O–H groups in total. The molecule has 10 nitrogen and oxygen atoms in total. The van der Waals surface area contributed by atoms with Gasteiger partial charge in [0.15, 0.2) is 12.2 Å². The van der Waals surface area contributed by atoms with Crippen LogP contribution in [-0.2, 0) is 47.6 Å². The molecule has 1 saturated heterocycles. The fourth-order valence-electron chi connectivity index (χ4n) is 2.37. The predicted molar refractivity (Wildman–Crippen MR) is 83.2 cm³/mol. The molecule has 0 saturated carbocycles. The number of hydrogen-bond acceptors (Lipinski definition) is 10. The maximum absolute atomic E-state index is 11.5. The van der Waals surface area contributed by atoms with E-state index in [-0.39, 0.29) is 0 Å². The smallest absolute Gasteiger partial charge is 0.305 e. The highest BCUT2D eigenvalue weighted by atomic mass is 16.7. The zero-order chi connectivity index (χ0) is 19.9. The third-order valence-electron chi connectivity index (χ3n) is 3.12. The number of hydrogen-bond donors (Lipinski definition) is 0. The van der Waals surface area contributed by atoms with Gasteiger partial charge in [0.2, 0.25) is 12.4 Å². The minimum Gasteiger partial charge on any atom is -0.505 e. The van der Waals surface area contributed by atoms with Gasteiger partial charge in [-0.3, -0.25) is 19.2 Å². The number of carbonyl (C=O) groups is 4. The summed E-state index contributed by atoms with van der Waals surface area (Å²) in [4.78, 5) is 45.8. The van der Waals surface area contributed by atoms with Crippen LogP contribution in [0.3, 0.4) is 0 Å². The summed E-state index contributed by atoms with van der Waals surface area (Å²) in [6.07, 6.45) is -3.53. The SMILES string of the molecule is CO/C=C/[C@H]1O[C@H](OC(C)=O)[C@@H](OC(C)=O)[C@@H](OC(C)=O)[C@@H]1OC(C)=O. The first-order chi connectivity index (χ1) is 12.1. The standard InChI is InChI=1S/C16H22O10/c1-8(17)22-13-12(6-7-21-5)26-16(25-11(4)20)15(24-10(3)19)14(13)23-9(2)18/h6-7,12-16H,1-5H3/b7-6+/t12-,13-,14+,15+,16+/m1/s1. The Balaban J connectivity index is 3.32. The average Bonchev–Trinajstić information content (AvgIpc) is 2.49. The number of ether oxygens (including phenoxy) is 6. The minimum absolute atomic E-state index is 0.681. The first-order valence-electron chi connectivity index (χ1n) is 7.69. The second kappa shape index (κ2) is 9.76. The van der Waals surface area contributed by atoms with E-state index in [4.69, 9.17) is 28.4 Å². The maximum Gasteiger partial charge on any atom is 0.305 e. The van der Waals surface area contributed by atoms with Crippen molar-refractivity contribution in [3.05, 3.63) is 12.3 Å². The summed E-state index contributed by atoms with van der Waals surface area (Å²) in [6, 6.07) is 0. The highest BCUT2D eigenvalue weighted by Gasteiger charge is 2.52. The fraction of sp³-hybridized carbons (Fsp3) is 0.625. The van der Waals surface area contributed by atoms with E-state index in [1.165, 1.54) is 19.4 Å². The molecule has 26 heavy (non-hydrogen) atoms. The Hall–Kier alpha value is -2.62. The Kier molecular flexibility index (Phi) is 8.04. The van der Waals surface area contributed by atoms with E-state index in [2.05, 4.69) is 0 Å². The summed E-state index contributed by atoms with van der Waals surface area (Å²) in [5.74, 6) is -2.85. The summed E-state index contributed by atoms with van der Waals surface area (Å²) in [7, 11) is 1.38. The zero-order valence-corrected chi connectivity index (χ0v) is 15.1. The van der Waals surface area contributed by atoms with Gasteiger partial charge < -0.3 is 28.4 Å². The van der Waals surface area contributed by atoms with Gasteiger partial charge in [-0.15, -0.1) is 0 Å². The number of esters is 4. The van der Waals surface area contributed by atoms with Gasteiger partial charge in [-0.1, -0.05) is 0 Å². The van der Waals surface area contributed by atoms with Crippen molar-refractivity contribution in [2.75, 3.05) is 7.11 Å². The molecular weight excluding hydrogens is 352 g/mol. The molecule has 0 aromatic carbocycles. The van der Waals surface area contributed by atoms with Gasteiger partial charge in [0, 0.05) is 27.7 Å². The lowest BCUT2D eigenvalue weighted by atomic mass is 9.97. The van der Waals surface area contributed by atoms with Crippen LogP contribution in [0.4, 0.5) is 0 Å². The molecule has 1 rings (SSSR count). The monoisotopic (exact) mass is 374 g/mol. The van der Waals surface area contributed by atoms with Gasteiger partial charge in [-0.2, -0.15) is 0 Å².